The molecule has 0 spiro atoms. The smallest absolute Gasteiger partial charge is 0.321 e. The Labute approximate surface area is 127 Å². The summed E-state index contributed by atoms with van der Waals surface area (Å²) in [5.41, 5.74) is 10.8. The number of piperidine rings is 1. The SMILES string of the molecule is NC(=O)CC1CCN(C(=O)Nc2cnn(CC(N)=O)c2)CC1. The van der Waals surface area contributed by atoms with Crippen molar-refractivity contribution in [3.63, 3.8) is 0 Å². The van der Waals surface area contributed by atoms with Crippen LogP contribution < -0.4 is 16.8 Å². The first-order chi connectivity index (χ1) is 10.4. The zero-order valence-electron chi connectivity index (χ0n) is 12.2. The van der Waals surface area contributed by atoms with Gasteiger partial charge < -0.3 is 21.7 Å². The molecule has 0 unspecified atom stereocenters. The highest BCUT2D eigenvalue weighted by atomic mass is 16.2. The van der Waals surface area contributed by atoms with Gasteiger partial charge in [-0.25, -0.2) is 4.79 Å². The number of anilines is 1. The van der Waals surface area contributed by atoms with Crippen molar-refractivity contribution >= 4 is 23.5 Å². The van der Waals surface area contributed by atoms with Crippen LogP contribution >= 0.6 is 0 Å². The Morgan fingerprint density at radius 3 is 2.50 bits per heavy atom. The largest absolute Gasteiger partial charge is 0.370 e. The molecule has 0 radical (unpaired) electrons. The molecule has 2 heterocycles. The second-order valence-corrected chi connectivity index (χ2v) is 5.42. The normalized spacial score (nSPS) is 15.5. The molecule has 1 fully saturated rings. The minimum absolute atomic E-state index is 0.0334. The highest BCUT2D eigenvalue weighted by Gasteiger charge is 2.24. The molecule has 1 saturated heterocycles. The van der Waals surface area contributed by atoms with E-state index in [-0.39, 0.29) is 24.4 Å². The number of carbonyl (C=O) groups excluding carboxylic acids is 3. The number of amides is 4. The van der Waals surface area contributed by atoms with Gasteiger partial charge in [0.15, 0.2) is 0 Å². The summed E-state index contributed by atoms with van der Waals surface area (Å²) in [5, 5.41) is 6.65. The summed E-state index contributed by atoms with van der Waals surface area (Å²) in [6, 6.07) is -0.226. The van der Waals surface area contributed by atoms with Crippen molar-refractivity contribution in [2.24, 2.45) is 17.4 Å². The van der Waals surface area contributed by atoms with Crippen LogP contribution in [0, 0.1) is 5.92 Å². The zero-order chi connectivity index (χ0) is 16.1. The molecule has 120 valence electrons. The molecule has 9 heteroatoms. The van der Waals surface area contributed by atoms with Crippen LogP contribution in [0.4, 0.5) is 10.5 Å². The molecule has 9 nitrogen and oxygen atoms in total. The number of aromatic nitrogens is 2. The number of nitrogens with zero attached hydrogens (tertiary/aromatic N) is 3. The maximum atomic E-state index is 12.1. The van der Waals surface area contributed by atoms with E-state index in [2.05, 4.69) is 10.4 Å². The number of hydrogen-bond acceptors (Lipinski definition) is 4. The molecule has 22 heavy (non-hydrogen) atoms. The van der Waals surface area contributed by atoms with E-state index in [9.17, 15) is 14.4 Å². The van der Waals surface area contributed by atoms with E-state index in [1.165, 1.54) is 10.9 Å². The Balaban J connectivity index is 1.82. The first kappa shape index (κ1) is 15.8. The Hall–Kier alpha value is -2.58. The summed E-state index contributed by atoms with van der Waals surface area (Å²) >= 11 is 0. The van der Waals surface area contributed by atoms with E-state index in [4.69, 9.17) is 11.5 Å². The Kier molecular flexibility index (Phi) is 4.97. The van der Waals surface area contributed by atoms with Crippen molar-refractivity contribution < 1.29 is 14.4 Å². The van der Waals surface area contributed by atoms with Crippen molar-refractivity contribution in [1.29, 1.82) is 0 Å². The number of urea groups is 1. The average molecular weight is 308 g/mol. The number of hydrogen-bond donors (Lipinski definition) is 3. The van der Waals surface area contributed by atoms with Crippen molar-refractivity contribution in [2.75, 3.05) is 18.4 Å². The Morgan fingerprint density at radius 2 is 1.91 bits per heavy atom. The van der Waals surface area contributed by atoms with Gasteiger partial charge in [0.25, 0.3) is 0 Å². The van der Waals surface area contributed by atoms with Crippen LogP contribution in [-0.4, -0.2) is 45.6 Å². The van der Waals surface area contributed by atoms with Crippen LogP contribution in [0.2, 0.25) is 0 Å². The van der Waals surface area contributed by atoms with Crippen molar-refractivity contribution in [1.82, 2.24) is 14.7 Å². The lowest BCUT2D eigenvalue weighted by molar-refractivity contribution is -0.119. The highest BCUT2D eigenvalue weighted by molar-refractivity contribution is 5.89. The van der Waals surface area contributed by atoms with Gasteiger partial charge in [0.1, 0.15) is 6.54 Å². The van der Waals surface area contributed by atoms with Crippen LogP contribution in [0.1, 0.15) is 19.3 Å². The standard InChI is InChI=1S/C13H20N6O3/c14-11(20)5-9-1-3-18(4-2-9)13(22)17-10-6-16-19(7-10)8-12(15)21/h6-7,9H,1-5,8H2,(H2,14,20)(H2,15,21)(H,17,22). The van der Waals surface area contributed by atoms with Crippen LogP contribution in [0.25, 0.3) is 0 Å². The molecule has 0 bridgehead atoms. The first-order valence-electron chi connectivity index (χ1n) is 7.09. The van der Waals surface area contributed by atoms with E-state index in [0.29, 0.717) is 25.2 Å². The van der Waals surface area contributed by atoms with Crippen LogP contribution in [0.15, 0.2) is 12.4 Å². The zero-order valence-corrected chi connectivity index (χ0v) is 12.2. The summed E-state index contributed by atoms with van der Waals surface area (Å²) in [7, 11) is 0. The molecule has 1 aliphatic heterocycles. The molecule has 1 aliphatic rings. The van der Waals surface area contributed by atoms with E-state index < -0.39 is 5.91 Å². The van der Waals surface area contributed by atoms with Crippen LogP contribution in [0.3, 0.4) is 0 Å². The van der Waals surface area contributed by atoms with Gasteiger partial charge >= 0.3 is 6.03 Å². The molecular weight excluding hydrogens is 288 g/mol. The molecule has 5 N–H and O–H groups in total. The van der Waals surface area contributed by atoms with Gasteiger partial charge in [-0.3, -0.25) is 14.3 Å². The van der Waals surface area contributed by atoms with Gasteiger partial charge in [-0.1, -0.05) is 0 Å². The van der Waals surface area contributed by atoms with E-state index >= 15 is 0 Å². The van der Waals surface area contributed by atoms with Crippen LogP contribution in [-0.2, 0) is 16.1 Å². The third-order valence-electron chi connectivity index (χ3n) is 3.59. The number of nitrogens with one attached hydrogen (secondary N) is 1. The van der Waals surface area contributed by atoms with Gasteiger partial charge in [0, 0.05) is 25.7 Å². The third-order valence-corrected chi connectivity index (χ3v) is 3.59. The molecule has 2 rings (SSSR count). The molecule has 0 saturated carbocycles. The molecule has 0 atom stereocenters. The van der Waals surface area contributed by atoms with Crippen molar-refractivity contribution in [3.05, 3.63) is 12.4 Å². The molecule has 1 aromatic rings. The summed E-state index contributed by atoms with van der Waals surface area (Å²) in [6.45, 7) is 1.13. The fraction of sp³-hybridized carbons (Fsp3) is 0.538. The summed E-state index contributed by atoms with van der Waals surface area (Å²) in [4.78, 5) is 35.5. The van der Waals surface area contributed by atoms with Gasteiger partial charge in [-0.05, 0) is 18.8 Å². The van der Waals surface area contributed by atoms with Crippen LogP contribution in [0.5, 0.6) is 0 Å². The van der Waals surface area contributed by atoms with Gasteiger partial charge in [-0.2, -0.15) is 5.10 Å². The monoisotopic (exact) mass is 308 g/mol. The lowest BCUT2D eigenvalue weighted by Crippen LogP contribution is -2.41. The Bertz CT molecular complexity index is 562. The number of carbonyl (C=O) groups is 3. The maximum absolute atomic E-state index is 12.1. The topological polar surface area (TPSA) is 136 Å². The molecular formula is C13H20N6O3. The molecule has 0 aliphatic carbocycles. The minimum atomic E-state index is -0.502. The number of primary amides is 2. The minimum Gasteiger partial charge on any atom is -0.370 e. The van der Waals surface area contributed by atoms with Gasteiger partial charge in [0.05, 0.1) is 11.9 Å². The highest BCUT2D eigenvalue weighted by Crippen LogP contribution is 2.20. The van der Waals surface area contributed by atoms with Gasteiger partial charge in [-0.15, -0.1) is 0 Å². The quantitative estimate of drug-likeness (QED) is 0.674. The Morgan fingerprint density at radius 1 is 1.23 bits per heavy atom. The van der Waals surface area contributed by atoms with E-state index in [1.807, 2.05) is 0 Å². The molecule has 0 aromatic carbocycles. The number of likely N-dealkylation sites (tertiary alicyclic amines) is 1. The lowest BCUT2D eigenvalue weighted by Gasteiger charge is -2.31. The molecule has 1 aromatic heterocycles. The summed E-state index contributed by atoms with van der Waals surface area (Å²) in [6.07, 6.45) is 4.90. The van der Waals surface area contributed by atoms with Crippen molar-refractivity contribution in [2.45, 2.75) is 25.8 Å². The second-order valence-electron chi connectivity index (χ2n) is 5.42. The fourth-order valence-corrected chi connectivity index (χ4v) is 2.50. The van der Waals surface area contributed by atoms with Crippen molar-refractivity contribution in [3.8, 4) is 0 Å². The predicted molar refractivity (Wildman–Crippen MR) is 78.5 cm³/mol. The second kappa shape index (κ2) is 6.92. The lowest BCUT2D eigenvalue weighted by atomic mass is 9.93. The first-order valence-corrected chi connectivity index (χ1v) is 7.09. The average Bonchev–Trinajstić information content (AvgIpc) is 2.85. The summed E-state index contributed by atoms with van der Waals surface area (Å²) in [5.74, 6) is -0.554. The number of rotatable bonds is 5. The van der Waals surface area contributed by atoms with E-state index in [1.54, 1.807) is 11.1 Å². The molecule has 4 amide bonds. The fourth-order valence-electron chi connectivity index (χ4n) is 2.50. The van der Waals surface area contributed by atoms with Gasteiger partial charge in [0.2, 0.25) is 11.8 Å². The van der Waals surface area contributed by atoms with E-state index in [0.717, 1.165) is 12.8 Å². The predicted octanol–water partition coefficient (Wildman–Crippen LogP) is -0.512. The number of nitrogens with two attached hydrogens (primary N) is 2. The maximum Gasteiger partial charge on any atom is 0.321 e. The third kappa shape index (κ3) is 4.47. The summed E-state index contributed by atoms with van der Waals surface area (Å²) < 4.78 is 1.36.